The van der Waals surface area contributed by atoms with Gasteiger partial charge in [0.1, 0.15) is 6.29 Å². The highest BCUT2D eigenvalue weighted by molar-refractivity contribution is 6.02. The first kappa shape index (κ1) is 8.64. The molecule has 1 rings (SSSR count). The fraction of sp³-hybridized carbons (Fsp3) is 0.375. The fourth-order valence-corrected chi connectivity index (χ4v) is 1.05. The van der Waals surface area contributed by atoms with E-state index in [1.54, 1.807) is 0 Å². The van der Waals surface area contributed by atoms with E-state index in [0.717, 1.165) is 4.90 Å². The van der Waals surface area contributed by atoms with Gasteiger partial charge in [-0.2, -0.15) is 0 Å². The number of carbonyl (C=O) groups is 3. The second-order valence-corrected chi connectivity index (χ2v) is 2.46. The SMILES string of the molecule is O=C/C=C\CN1C(=O)CCC1=O. The van der Waals surface area contributed by atoms with Crippen molar-refractivity contribution in [2.75, 3.05) is 6.54 Å². The summed E-state index contributed by atoms with van der Waals surface area (Å²) in [7, 11) is 0. The standard InChI is InChI=1S/C8H9NO3/c10-6-2-1-5-9-7(11)3-4-8(9)12/h1-2,6H,3-5H2/b2-1-. The third-order valence-electron chi connectivity index (χ3n) is 1.66. The van der Waals surface area contributed by atoms with Gasteiger partial charge in [0.15, 0.2) is 0 Å². The summed E-state index contributed by atoms with van der Waals surface area (Å²) in [6, 6.07) is 0. The van der Waals surface area contributed by atoms with E-state index in [2.05, 4.69) is 0 Å². The van der Waals surface area contributed by atoms with Crippen molar-refractivity contribution >= 4 is 18.1 Å². The minimum absolute atomic E-state index is 0.157. The first-order valence-corrected chi connectivity index (χ1v) is 3.69. The molecule has 0 saturated carbocycles. The van der Waals surface area contributed by atoms with Crippen molar-refractivity contribution in [3.05, 3.63) is 12.2 Å². The number of likely N-dealkylation sites (tertiary alicyclic amines) is 1. The summed E-state index contributed by atoms with van der Waals surface area (Å²) < 4.78 is 0. The summed E-state index contributed by atoms with van der Waals surface area (Å²) in [5.74, 6) is -0.314. The van der Waals surface area contributed by atoms with Gasteiger partial charge in [0.25, 0.3) is 0 Å². The van der Waals surface area contributed by atoms with Crippen LogP contribution in [0.5, 0.6) is 0 Å². The van der Waals surface area contributed by atoms with Crippen molar-refractivity contribution in [2.45, 2.75) is 12.8 Å². The molecule has 64 valence electrons. The van der Waals surface area contributed by atoms with Gasteiger partial charge in [-0.05, 0) is 6.08 Å². The largest absolute Gasteiger partial charge is 0.299 e. The van der Waals surface area contributed by atoms with E-state index in [4.69, 9.17) is 0 Å². The molecule has 0 atom stereocenters. The molecule has 0 aliphatic carbocycles. The van der Waals surface area contributed by atoms with Crippen molar-refractivity contribution in [1.29, 1.82) is 0 Å². The van der Waals surface area contributed by atoms with E-state index in [9.17, 15) is 14.4 Å². The predicted octanol–water partition coefficient (Wildman–Crippen LogP) is -0.110. The predicted molar refractivity (Wildman–Crippen MR) is 41.2 cm³/mol. The van der Waals surface area contributed by atoms with Crippen LogP contribution in [-0.2, 0) is 14.4 Å². The van der Waals surface area contributed by atoms with Crippen molar-refractivity contribution in [2.24, 2.45) is 0 Å². The van der Waals surface area contributed by atoms with Gasteiger partial charge in [0.05, 0.1) is 0 Å². The number of amides is 2. The van der Waals surface area contributed by atoms with E-state index < -0.39 is 0 Å². The molecule has 0 aromatic carbocycles. The summed E-state index contributed by atoms with van der Waals surface area (Å²) in [6.45, 7) is 0.219. The van der Waals surface area contributed by atoms with Gasteiger partial charge in [-0.25, -0.2) is 0 Å². The first-order chi connectivity index (χ1) is 5.75. The van der Waals surface area contributed by atoms with Gasteiger partial charge in [0, 0.05) is 19.4 Å². The third kappa shape index (κ3) is 1.78. The van der Waals surface area contributed by atoms with Crippen molar-refractivity contribution in [3.63, 3.8) is 0 Å². The Bertz CT molecular complexity index is 229. The summed E-state index contributed by atoms with van der Waals surface area (Å²) in [5.41, 5.74) is 0. The highest BCUT2D eigenvalue weighted by Gasteiger charge is 2.27. The average Bonchev–Trinajstić information content (AvgIpc) is 2.35. The van der Waals surface area contributed by atoms with Crippen LogP contribution in [0.15, 0.2) is 12.2 Å². The van der Waals surface area contributed by atoms with Crippen molar-refractivity contribution in [3.8, 4) is 0 Å². The topological polar surface area (TPSA) is 54.5 Å². The molecule has 1 fully saturated rings. The zero-order valence-electron chi connectivity index (χ0n) is 6.53. The third-order valence-corrected chi connectivity index (χ3v) is 1.66. The molecule has 12 heavy (non-hydrogen) atoms. The van der Waals surface area contributed by atoms with Crippen LogP contribution >= 0.6 is 0 Å². The molecule has 1 aliphatic heterocycles. The molecule has 0 unspecified atom stereocenters. The first-order valence-electron chi connectivity index (χ1n) is 3.69. The van der Waals surface area contributed by atoms with Gasteiger partial charge in [-0.1, -0.05) is 6.08 Å². The Morgan fingerprint density at radius 3 is 2.33 bits per heavy atom. The van der Waals surface area contributed by atoms with Crippen LogP contribution in [0.2, 0.25) is 0 Å². The Labute approximate surface area is 69.8 Å². The molecule has 1 aliphatic rings. The number of hydrogen-bond donors (Lipinski definition) is 0. The van der Waals surface area contributed by atoms with E-state index in [-0.39, 0.29) is 18.4 Å². The van der Waals surface area contributed by atoms with Crippen LogP contribution in [0.4, 0.5) is 0 Å². The van der Waals surface area contributed by atoms with E-state index in [0.29, 0.717) is 19.1 Å². The number of nitrogens with zero attached hydrogens (tertiary/aromatic N) is 1. The van der Waals surface area contributed by atoms with Crippen LogP contribution in [0, 0.1) is 0 Å². The van der Waals surface area contributed by atoms with Crippen LogP contribution in [0.3, 0.4) is 0 Å². The number of rotatable bonds is 3. The van der Waals surface area contributed by atoms with E-state index in [1.165, 1.54) is 12.2 Å². The molecule has 2 amide bonds. The molecule has 1 heterocycles. The van der Waals surface area contributed by atoms with Crippen molar-refractivity contribution < 1.29 is 14.4 Å². The minimum atomic E-state index is -0.157. The zero-order valence-corrected chi connectivity index (χ0v) is 6.53. The van der Waals surface area contributed by atoms with Crippen LogP contribution in [-0.4, -0.2) is 29.5 Å². The molecule has 0 bridgehead atoms. The lowest BCUT2D eigenvalue weighted by molar-refractivity contribution is -0.137. The lowest BCUT2D eigenvalue weighted by Crippen LogP contribution is -2.28. The van der Waals surface area contributed by atoms with Gasteiger partial charge in [0.2, 0.25) is 11.8 Å². The number of aldehydes is 1. The number of carbonyl (C=O) groups excluding carboxylic acids is 3. The van der Waals surface area contributed by atoms with E-state index in [1.807, 2.05) is 0 Å². The average molecular weight is 167 g/mol. The van der Waals surface area contributed by atoms with Gasteiger partial charge in [-0.15, -0.1) is 0 Å². The number of imide groups is 1. The molecule has 4 nitrogen and oxygen atoms in total. The molecule has 4 heteroatoms. The Morgan fingerprint density at radius 2 is 1.83 bits per heavy atom. The highest BCUT2D eigenvalue weighted by Crippen LogP contribution is 2.10. The summed E-state index contributed by atoms with van der Waals surface area (Å²) >= 11 is 0. The maximum atomic E-state index is 11.0. The zero-order chi connectivity index (χ0) is 8.97. The van der Waals surface area contributed by atoms with Gasteiger partial charge >= 0.3 is 0 Å². The molecular weight excluding hydrogens is 158 g/mol. The molecule has 1 saturated heterocycles. The Hall–Kier alpha value is -1.45. The lowest BCUT2D eigenvalue weighted by Gasteiger charge is -2.09. The Balaban J connectivity index is 2.50. The Morgan fingerprint density at radius 1 is 1.25 bits per heavy atom. The smallest absolute Gasteiger partial charge is 0.229 e. The van der Waals surface area contributed by atoms with Crippen LogP contribution in [0.1, 0.15) is 12.8 Å². The molecule has 0 spiro atoms. The number of allylic oxidation sites excluding steroid dienone is 1. The second kappa shape index (κ2) is 3.80. The summed E-state index contributed by atoms with van der Waals surface area (Å²) in [4.78, 5) is 32.9. The summed E-state index contributed by atoms with van der Waals surface area (Å²) in [6.07, 6.45) is 3.99. The highest BCUT2D eigenvalue weighted by atomic mass is 16.2. The van der Waals surface area contributed by atoms with E-state index >= 15 is 0 Å². The fourth-order valence-electron chi connectivity index (χ4n) is 1.05. The molecule has 0 aromatic rings. The quantitative estimate of drug-likeness (QED) is 0.335. The summed E-state index contributed by atoms with van der Waals surface area (Å²) in [5, 5.41) is 0. The van der Waals surface area contributed by atoms with Crippen LogP contribution in [0.25, 0.3) is 0 Å². The minimum Gasteiger partial charge on any atom is -0.299 e. The van der Waals surface area contributed by atoms with Crippen molar-refractivity contribution in [1.82, 2.24) is 4.90 Å². The molecular formula is C8H9NO3. The maximum Gasteiger partial charge on any atom is 0.229 e. The Kier molecular flexibility index (Phi) is 2.74. The monoisotopic (exact) mass is 167 g/mol. The van der Waals surface area contributed by atoms with Gasteiger partial charge in [-0.3, -0.25) is 19.3 Å². The lowest BCUT2D eigenvalue weighted by atomic mass is 10.4. The maximum absolute atomic E-state index is 11.0. The second-order valence-electron chi connectivity index (χ2n) is 2.46. The number of hydrogen-bond acceptors (Lipinski definition) is 3. The molecule has 0 aromatic heterocycles. The molecule has 0 radical (unpaired) electrons. The van der Waals surface area contributed by atoms with Gasteiger partial charge < -0.3 is 0 Å². The van der Waals surface area contributed by atoms with Crippen LogP contribution < -0.4 is 0 Å². The molecule has 0 N–H and O–H groups in total. The normalized spacial score (nSPS) is 17.8.